The Kier molecular flexibility index (Phi) is 5.07. The van der Waals surface area contributed by atoms with E-state index in [9.17, 15) is 9.90 Å². The van der Waals surface area contributed by atoms with Gasteiger partial charge in [0, 0.05) is 0 Å². The van der Waals surface area contributed by atoms with E-state index in [1.807, 2.05) is 12.1 Å². The molecule has 116 valence electrons. The second kappa shape index (κ2) is 6.80. The molecule has 5 heteroatoms. The van der Waals surface area contributed by atoms with E-state index in [0.29, 0.717) is 17.4 Å². The normalized spacial score (nSPS) is 25.2. The Morgan fingerprint density at radius 2 is 2.05 bits per heavy atom. The molecule has 1 aromatic rings. The van der Waals surface area contributed by atoms with Crippen LogP contribution >= 0.6 is 0 Å². The molecule has 0 heterocycles. The lowest BCUT2D eigenvalue weighted by Crippen LogP contribution is -2.54. The van der Waals surface area contributed by atoms with Crippen LogP contribution in [0.25, 0.3) is 0 Å². The number of para-hydroxylation sites is 2. The summed E-state index contributed by atoms with van der Waals surface area (Å²) in [5.74, 6) is 1.27. The molecule has 2 rings (SSSR count). The summed E-state index contributed by atoms with van der Waals surface area (Å²) in [5, 5.41) is 15.4. The third kappa shape index (κ3) is 3.88. The molecule has 0 unspecified atom stereocenters. The number of benzene rings is 1. The van der Waals surface area contributed by atoms with Crippen LogP contribution in [0.4, 0.5) is 10.5 Å². The van der Waals surface area contributed by atoms with Crippen LogP contribution < -0.4 is 15.4 Å². The molecule has 1 fully saturated rings. The second-order valence-electron chi connectivity index (χ2n) is 5.90. The van der Waals surface area contributed by atoms with E-state index < -0.39 is 5.54 Å². The third-order valence-corrected chi connectivity index (χ3v) is 4.27. The number of carbonyl (C=O) groups is 1. The fourth-order valence-corrected chi connectivity index (χ4v) is 2.78. The lowest BCUT2D eigenvalue weighted by atomic mass is 9.77. The highest BCUT2D eigenvalue weighted by molar-refractivity contribution is 5.91. The molecule has 3 N–H and O–H groups in total. The number of amides is 2. The van der Waals surface area contributed by atoms with Crippen molar-refractivity contribution in [1.29, 1.82) is 0 Å². The molecular weight excluding hydrogens is 268 g/mol. The lowest BCUT2D eigenvalue weighted by Gasteiger charge is -2.38. The summed E-state index contributed by atoms with van der Waals surface area (Å²) in [6.45, 7) is 2.18. The second-order valence-corrected chi connectivity index (χ2v) is 5.90. The van der Waals surface area contributed by atoms with Crippen LogP contribution in [0.15, 0.2) is 24.3 Å². The third-order valence-electron chi connectivity index (χ3n) is 4.27. The van der Waals surface area contributed by atoms with Gasteiger partial charge in [-0.1, -0.05) is 19.1 Å². The molecule has 1 aliphatic rings. The van der Waals surface area contributed by atoms with Crippen LogP contribution in [0, 0.1) is 5.92 Å². The van der Waals surface area contributed by atoms with Crippen molar-refractivity contribution in [3.8, 4) is 5.75 Å². The number of hydrogen-bond acceptors (Lipinski definition) is 3. The molecule has 0 atom stereocenters. The van der Waals surface area contributed by atoms with Crippen LogP contribution in [0.2, 0.25) is 0 Å². The number of aliphatic hydroxyl groups excluding tert-OH is 1. The SMILES string of the molecule is COc1ccccc1NC(=O)NC1(CO)CCC(C)CC1. The molecule has 0 bridgehead atoms. The number of nitrogens with one attached hydrogen (secondary N) is 2. The fourth-order valence-electron chi connectivity index (χ4n) is 2.78. The molecule has 0 aromatic heterocycles. The van der Waals surface area contributed by atoms with Crippen molar-refractivity contribution < 1.29 is 14.6 Å². The molecule has 1 aromatic carbocycles. The Bertz CT molecular complexity index is 482. The predicted octanol–water partition coefficient (Wildman–Crippen LogP) is 2.76. The first-order valence-electron chi connectivity index (χ1n) is 7.41. The van der Waals surface area contributed by atoms with Crippen molar-refractivity contribution in [1.82, 2.24) is 5.32 Å². The minimum atomic E-state index is -0.501. The largest absolute Gasteiger partial charge is 0.495 e. The molecule has 1 aliphatic carbocycles. The molecule has 0 aliphatic heterocycles. The number of urea groups is 1. The molecule has 5 nitrogen and oxygen atoms in total. The van der Waals surface area contributed by atoms with Crippen molar-refractivity contribution >= 4 is 11.7 Å². The standard InChI is InChI=1S/C16H24N2O3/c1-12-7-9-16(11-19,10-8-12)18-15(20)17-13-5-3-4-6-14(13)21-2/h3-6,12,19H,7-11H2,1-2H3,(H2,17,18,20). The molecular formula is C16H24N2O3. The molecule has 21 heavy (non-hydrogen) atoms. The summed E-state index contributed by atoms with van der Waals surface area (Å²) in [6.07, 6.45) is 3.67. The van der Waals surface area contributed by atoms with Gasteiger partial charge in [-0.05, 0) is 43.7 Å². The van der Waals surface area contributed by atoms with Gasteiger partial charge in [-0.25, -0.2) is 4.79 Å². The Morgan fingerprint density at radius 1 is 1.38 bits per heavy atom. The Labute approximate surface area is 125 Å². The average Bonchev–Trinajstić information content (AvgIpc) is 2.50. The maximum Gasteiger partial charge on any atom is 0.319 e. The smallest absolute Gasteiger partial charge is 0.319 e. The van der Waals surface area contributed by atoms with Crippen molar-refractivity contribution in [2.45, 2.75) is 38.1 Å². The number of anilines is 1. The van der Waals surface area contributed by atoms with Crippen molar-refractivity contribution in [3.63, 3.8) is 0 Å². The van der Waals surface area contributed by atoms with Gasteiger partial charge in [0.25, 0.3) is 0 Å². The van der Waals surface area contributed by atoms with Crippen LogP contribution in [0.3, 0.4) is 0 Å². The quantitative estimate of drug-likeness (QED) is 0.799. The zero-order valence-electron chi connectivity index (χ0n) is 12.7. The average molecular weight is 292 g/mol. The van der Waals surface area contributed by atoms with Gasteiger partial charge < -0.3 is 20.5 Å². The molecule has 0 saturated heterocycles. The first kappa shape index (κ1) is 15.6. The van der Waals surface area contributed by atoms with Crippen LogP contribution in [0.1, 0.15) is 32.6 Å². The van der Waals surface area contributed by atoms with E-state index in [-0.39, 0.29) is 12.6 Å². The summed E-state index contributed by atoms with van der Waals surface area (Å²) in [5.41, 5.74) is 0.119. The highest BCUT2D eigenvalue weighted by Crippen LogP contribution is 2.32. The minimum Gasteiger partial charge on any atom is -0.495 e. The van der Waals surface area contributed by atoms with Crippen LogP contribution in [-0.4, -0.2) is 30.4 Å². The maximum atomic E-state index is 12.2. The van der Waals surface area contributed by atoms with E-state index in [0.717, 1.165) is 25.7 Å². The molecule has 0 radical (unpaired) electrons. The van der Waals surface area contributed by atoms with E-state index in [2.05, 4.69) is 17.6 Å². The van der Waals surface area contributed by atoms with Crippen LogP contribution in [-0.2, 0) is 0 Å². The Balaban J connectivity index is 2.00. The predicted molar refractivity (Wildman–Crippen MR) is 82.6 cm³/mol. The molecule has 2 amide bonds. The zero-order chi connectivity index (χ0) is 15.3. The molecule has 1 saturated carbocycles. The van der Waals surface area contributed by atoms with Crippen molar-refractivity contribution in [3.05, 3.63) is 24.3 Å². The topological polar surface area (TPSA) is 70.6 Å². The van der Waals surface area contributed by atoms with Gasteiger partial charge in [-0.2, -0.15) is 0 Å². The lowest BCUT2D eigenvalue weighted by molar-refractivity contribution is 0.113. The number of hydrogen-bond donors (Lipinski definition) is 3. The van der Waals surface area contributed by atoms with Gasteiger partial charge >= 0.3 is 6.03 Å². The number of rotatable bonds is 4. The van der Waals surface area contributed by atoms with Gasteiger partial charge in [0.2, 0.25) is 0 Å². The van der Waals surface area contributed by atoms with Crippen molar-refractivity contribution in [2.75, 3.05) is 19.0 Å². The first-order chi connectivity index (χ1) is 10.1. The van der Waals surface area contributed by atoms with E-state index >= 15 is 0 Å². The van der Waals surface area contributed by atoms with E-state index in [1.54, 1.807) is 19.2 Å². The van der Waals surface area contributed by atoms with Gasteiger partial charge in [0.15, 0.2) is 0 Å². The van der Waals surface area contributed by atoms with E-state index in [4.69, 9.17) is 4.74 Å². The van der Waals surface area contributed by atoms with E-state index in [1.165, 1.54) is 0 Å². The zero-order valence-corrected chi connectivity index (χ0v) is 12.7. The number of methoxy groups -OCH3 is 1. The van der Waals surface area contributed by atoms with Gasteiger partial charge in [-0.3, -0.25) is 0 Å². The van der Waals surface area contributed by atoms with Gasteiger partial charge in [-0.15, -0.1) is 0 Å². The van der Waals surface area contributed by atoms with Crippen molar-refractivity contribution in [2.24, 2.45) is 5.92 Å². The summed E-state index contributed by atoms with van der Waals surface area (Å²) in [6, 6.07) is 6.96. The van der Waals surface area contributed by atoms with Gasteiger partial charge in [0.1, 0.15) is 5.75 Å². The molecule has 0 spiro atoms. The Hall–Kier alpha value is -1.75. The minimum absolute atomic E-state index is 0.0287. The summed E-state index contributed by atoms with van der Waals surface area (Å²) >= 11 is 0. The number of aliphatic hydroxyl groups is 1. The van der Waals surface area contributed by atoms with Crippen LogP contribution in [0.5, 0.6) is 5.75 Å². The summed E-state index contributed by atoms with van der Waals surface area (Å²) < 4.78 is 5.21. The van der Waals surface area contributed by atoms with Gasteiger partial charge in [0.05, 0.1) is 24.9 Å². The maximum absolute atomic E-state index is 12.2. The first-order valence-corrected chi connectivity index (χ1v) is 7.41. The fraction of sp³-hybridized carbons (Fsp3) is 0.562. The monoisotopic (exact) mass is 292 g/mol. The number of ether oxygens (including phenoxy) is 1. The Morgan fingerprint density at radius 3 is 2.67 bits per heavy atom. The highest BCUT2D eigenvalue weighted by atomic mass is 16.5. The summed E-state index contributed by atoms with van der Waals surface area (Å²) in [4.78, 5) is 12.2. The highest BCUT2D eigenvalue weighted by Gasteiger charge is 2.35. The summed E-state index contributed by atoms with van der Waals surface area (Å²) in [7, 11) is 1.57. The number of carbonyl (C=O) groups excluding carboxylic acids is 1.